The minimum absolute atomic E-state index is 0.751. The predicted molar refractivity (Wildman–Crippen MR) is 76.5 cm³/mol. The van der Waals surface area contributed by atoms with E-state index < -0.39 is 0 Å². The van der Waals surface area contributed by atoms with Gasteiger partial charge in [-0.05, 0) is 25.8 Å². The summed E-state index contributed by atoms with van der Waals surface area (Å²) in [4.78, 5) is 8.32. The van der Waals surface area contributed by atoms with Gasteiger partial charge in [-0.2, -0.15) is 0 Å². The van der Waals surface area contributed by atoms with Gasteiger partial charge in [0.2, 0.25) is 0 Å². The normalized spacial score (nSPS) is 16.6. The van der Waals surface area contributed by atoms with Crippen LogP contribution in [0.2, 0.25) is 0 Å². The minimum atomic E-state index is 0.751. The molecular formula is C13H18ClN3S. The van der Waals surface area contributed by atoms with Crippen molar-refractivity contribution in [2.75, 3.05) is 12.4 Å². The van der Waals surface area contributed by atoms with Gasteiger partial charge in [-0.1, -0.05) is 6.42 Å². The van der Waals surface area contributed by atoms with E-state index >= 15 is 0 Å². The molecule has 0 saturated heterocycles. The number of alkyl halides is 1. The molecule has 2 aromatic rings. The van der Waals surface area contributed by atoms with Crippen molar-refractivity contribution in [3.05, 3.63) is 23.5 Å². The van der Waals surface area contributed by atoms with Crippen LogP contribution in [-0.2, 0) is 6.54 Å². The van der Waals surface area contributed by atoms with E-state index in [0.29, 0.717) is 0 Å². The zero-order valence-corrected chi connectivity index (χ0v) is 12.0. The second-order valence-corrected chi connectivity index (χ2v) is 6.17. The van der Waals surface area contributed by atoms with Crippen molar-refractivity contribution in [3.8, 4) is 0 Å². The SMILES string of the molecule is ClCCCN(Cc1cn2ccsc2n1)C1CCC1. The standard InChI is InChI=1S/C13H18ClN3S/c14-5-2-6-16(12-3-1-4-12)9-11-10-17-7-8-18-13(17)15-11/h7-8,10,12H,1-6,9H2. The van der Waals surface area contributed by atoms with Crippen LogP contribution in [0.4, 0.5) is 0 Å². The first-order valence-corrected chi connectivity index (χ1v) is 7.99. The Kier molecular flexibility index (Phi) is 3.87. The molecule has 0 amide bonds. The number of hydrogen-bond donors (Lipinski definition) is 0. The molecule has 0 N–H and O–H groups in total. The number of halogens is 1. The monoisotopic (exact) mass is 283 g/mol. The molecule has 98 valence electrons. The van der Waals surface area contributed by atoms with Crippen molar-refractivity contribution in [2.45, 2.75) is 38.3 Å². The van der Waals surface area contributed by atoms with Crippen molar-refractivity contribution in [2.24, 2.45) is 0 Å². The van der Waals surface area contributed by atoms with Gasteiger partial charge < -0.3 is 0 Å². The lowest BCUT2D eigenvalue weighted by atomic mass is 9.91. The van der Waals surface area contributed by atoms with E-state index in [1.54, 1.807) is 11.3 Å². The predicted octanol–water partition coefficient (Wildman–Crippen LogP) is 3.38. The highest BCUT2D eigenvalue weighted by Gasteiger charge is 2.25. The molecule has 0 unspecified atom stereocenters. The topological polar surface area (TPSA) is 20.5 Å². The Hall–Kier alpha value is -0.580. The highest BCUT2D eigenvalue weighted by molar-refractivity contribution is 7.15. The maximum absolute atomic E-state index is 5.82. The van der Waals surface area contributed by atoms with Gasteiger partial charge in [0, 0.05) is 36.2 Å². The highest BCUT2D eigenvalue weighted by Crippen LogP contribution is 2.26. The van der Waals surface area contributed by atoms with Crippen LogP contribution in [0.25, 0.3) is 4.96 Å². The molecule has 0 radical (unpaired) electrons. The quantitative estimate of drug-likeness (QED) is 0.758. The van der Waals surface area contributed by atoms with Crippen LogP contribution in [0, 0.1) is 0 Å². The van der Waals surface area contributed by atoms with E-state index in [2.05, 4.69) is 32.1 Å². The third-order valence-corrected chi connectivity index (χ3v) is 4.72. The van der Waals surface area contributed by atoms with Gasteiger partial charge in [-0.25, -0.2) is 4.98 Å². The first-order chi connectivity index (χ1) is 8.86. The smallest absolute Gasteiger partial charge is 0.193 e. The van der Waals surface area contributed by atoms with Crippen molar-refractivity contribution < 1.29 is 0 Å². The third kappa shape index (κ3) is 2.56. The Labute approximate surface area is 116 Å². The summed E-state index contributed by atoms with van der Waals surface area (Å²) in [7, 11) is 0. The number of hydrogen-bond acceptors (Lipinski definition) is 3. The number of nitrogens with zero attached hydrogens (tertiary/aromatic N) is 3. The summed E-state index contributed by atoms with van der Waals surface area (Å²) < 4.78 is 2.11. The zero-order chi connectivity index (χ0) is 12.4. The van der Waals surface area contributed by atoms with Crippen molar-refractivity contribution in [1.82, 2.24) is 14.3 Å². The molecule has 5 heteroatoms. The Balaban J connectivity index is 1.68. The van der Waals surface area contributed by atoms with Crippen LogP contribution >= 0.6 is 22.9 Å². The second-order valence-electron chi connectivity index (χ2n) is 4.92. The third-order valence-electron chi connectivity index (χ3n) is 3.68. The molecule has 2 heterocycles. The Bertz CT molecular complexity index is 475. The summed E-state index contributed by atoms with van der Waals surface area (Å²) in [5.74, 6) is 0.751. The number of fused-ring (bicyclic) bond motifs is 1. The zero-order valence-electron chi connectivity index (χ0n) is 10.4. The largest absolute Gasteiger partial charge is 0.297 e. The van der Waals surface area contributed by atoms with Crippen LogP contribution < -0.4 is 0 Å². The van der Waals surface area contributed by atoms with Gasteiger partial charge in [0.1, 0.15) is 0 Å². The molecule has 0 bridgehead atoms. The molecule has 1 aliphatic rings. The van der Waals surface area contributed by atoms with Crippen LogP contribution in [0.1, 0.15) is 31.4 Å². The van der Waals surface area contributed by atoms with E-state index in [0.717, 1.165) is 36.4 Å². The number of rotatable bonds is 6. The van der Waals surface area contributed by atoms with Crippen molar-refractivity contribution in [3.63, 3.8) is 0 Å². The Morgan fingerprint density at radius 2 is 2.39 bits per heavy atom. The van der Waals surface area contributed by atoms with E-state index in [-0.39, 0.29) is 0 Å². The minimum Gasteiger partial charge on any atom is -0.297 e. The van der Waals surface area contributed by atoms with E-state index in [9.17, 15) is 0 Å². The van der Waals surface area contributed by atoms with Crippen LogP contribution in [-0.4, -0.2) is 32.8 Å². The summed E-state index contributed by atoms with van der Waals surface area (Å²) in [5, 5.41) is 2.07. The number of imidazole rings is 1. The van der Waals surface area contributed by atoms with E-state index in [1.807, 2.05) is 0 Å². The van der Waals surface area contributed by atoms with Crippen LogP contribution in [0.3, 0.4) is 0 Å². The molecule has 1 saturated carbocycles. The highest BCUT2D eigenvalue weighted by atomic mass is 35.5. The molecule has 0 spiro atoms. The number of thiazole rings is 1. The Morgan fingerprint density at radius 3 is 3.06 bits per heavy atom. The number of aromatic nitrogens is 2. The molecule has 2 aromatic heterocycles. The summed E-state index contributed by atoms with van der Waals surface area (Å²) >= 11 is 7.51. The molecule has 3 rings (SSSR count). The summed E-state index contributed by atoms with van der Waals surface area (Å²) in [6, 6.07) is 0.757. The molecule has 0 atom stereocenters. The lowest BCUT2D eigenvalue weighted by Crippen LogP contribution is -2.40. The van der Waals surface area contributed by atoms with Gasteiger partial charge in [0.15, 0.2) is 4.96 Å². The maximum atomic E-state index is 5.82. The molecule has 0 aromatic carbocycles. The van der Waals surface area contributed by atoms with Gasteiger partial charge in [0.25, 0.3) is 0 Å². The average molecular weight is 284 g/mol. The summed E-state index contributed by atoms with van der Waals surface area (Å²) in [5.41, 5.74) is 1.18. The molecule has 18 heavy (non-hydrogen) atoms. The maximum Gasteiger partial charge on any atom is 0.193 e. The fourth-order valence-corrected chi connectivity index (χ4v) is 3.30. The molecule has 1 fully saturated rings. The first-order valence-electron chi connectivity index (χ1n) is 6.58. The molecule has 1 aliphatic carbocycles. The molecule has 3 nitrogen and oxygen atoms in total. The van der Waals surface area contributed by atoms with Gasteiger partial charge in [-0.3, -0.25) is 9.30 Å². The van der Waals surface area contributed by atoms with Gasteiger partial charge in [0.05, 0.1) is 5.69 Å². The summed E-state index contributed by atoms with van der Waals surface area (Å²) in [6.07, 6.45) is 9.34. The van der Waals surface area contributed by atoms with Crippen LogP contribution in [0.5, 0.6) is 0 Å². The summed E-state index contributed by atoms with van der Waals surface area (Å²) in [6.45, 7) is 2.06. The first kappa shape index (κ1) is 12.5. The van der Waals surface area contributed by atoms with E-state index in [1.165, 1.54) is 25.0 Å². The fraction of sp³-hybridized carbons (Fsp3) is 0.615. The van der Waals surface area contributed by atoms with Gasteiger partial charge >= 0.3 is 0 Å². The molecular weight excluding hydrogens is 266 g/mol. The van der Waals surface area contributed by atoms with E-state index in [4.69, 9.17) is 11.6 Å². The van der Waals surface area contributed by atoms with Gasteiger partial charge in [-0.15, -0.1) is 22.9 Å². The fourth-order valence-electron chi connectivity index (χ4n) is 2.47. The second kappa shape index (κ2) is 5.59. The Morgan fingerprint density at radius 1 is 1.50 bits per heavy atom. The lowest BCUT2D eigenvalue weighted by Gasteiger charge is -2.37. The van der Waals surface area contributed by atoms with Crippen LogP contribution in [0.15, 0.2) is 17.8 Å². The average Bonchev–Trinajstić information content (AvgIpc) is 2.83. The molecule has 0 aliphatic heterocycles. The van der Waals surface area contributed by atoms with Crippen molar-refractivity contribution in [1.29, 1.82) is 0 Å². The lowest BCUT2D eigenvalue weighted by molar-refractivity contribution is 0.118. The van der Waals surface area contributed by atoms with Crippen molar-refractivity contribution >= 4 is 27.9 Å².